The molecule has 1 unspecified atom stereocenters. The highest BCUT2D eigenvalue weighted by Crippen LogP contribution is 2.06. The van der Waals surface area contributed by atoms with Crippen molar-refractivity contribution in [3.05, 3.63) is 17.5 Å². The number of ether oxygens (including phenoxy) is 1. The van der Waals surface area contributed by atoms with Crippen molar-refractivity contribution < 1.29 is 9.53 Å². The van der Waals surface area contributed by atoms with E-state index in [4.69, 9.17) is 0 Å². The van der Waals surface area contributed by atoms with E-state index in [1.165, 1.54) is 7.11 Å². The number of alkyl halides is 1. The van der Waals surface area contributed by atoms with Gasteiger partial charge in [-0.3, -0.25) is 9.48 Å². The van der Waals surface area contributed by atoms with Crippen molar-refractivity contribution in [3.63, 3.8) is 0 Å². The summed E-state index contributed by atoms with van der Waals surface area (Å²) in [5.41, 5.74) is 2.23. The number of aromatic nitrogens is 2. The smallest absolute Gasteiger partial charge is 0.320 e. The molecule has 0 saturated heterocycles. The quantitative estimate of drug-likeness (QED) is 0.611. The van der Waals surface area contributed by atoms with Gasteiger partial charge in [0.05, 0.1) is 18.5 Å². The van der Waals surface area contributed by atoms with Gasteiger partial charge < -0.3 is 10.1 Å². The highest BCUT2D eigenvalue weighted by molar-refractivity contribution is 9.10. The van der Waals surface area contributed by atoms with E-state index in [-0.39, 0.29) is 10.8 Å². The maximum Gasteiger partial charge on any atom is 0.320 e. The third-order valence-electron chi connectivity index (χ3n) is 2.66. The Morgan fingerprint density at radius 3 is 2.89 bits per heavy atom. The van der Waals surface area contributed by atoms with E-state index in [1.54, 1.807) is 0 Å². The molecule has 0 radical (unpaired) electrons. The van der Waals surface area contributed by atoms with Crippen LogP contribution in [-0.2, 0) is 29.0 Å². The molecular formula is C12H20BrN3O2. The van der Waals surface area contributed by atoms with Gasteiger partial charge in [-0.2, -0.15) is 5.10 Å². The van der Waals surface area contributed by atoms with Gasteiger partial charge >= 0.3 is 5.97 Å². The molecule has 0 saturated carbocycles. The zero-order valence-corrected chi connectivity index (χ0v) is 12.7. The van der Waals surface area contributed by atoms with Crippen LogP contribution in [0.3, 0.4) is 0 Å². The Morgan fingerprint density at radius 2 is 2.33 bits per heavy atom. The zero-order chi connectivity index (χ0) is 13.5. The maximum absolute atomic E-state index is 11.2. The lowest BCUT2D eigenvalue weighted by molar-refractivity contribution is -0.139. The number of nitrogens with zero attached hydrogens (tertiary/aromatic N) is 2. The Kier molecular flexibility index (Phi) is 6.35. The predicted octanol–water partition coefficient (Wildman–Crippen LogP) is 1.49. The number of aryl methyl sites for hydroxylation is 2. The van der Waals surface area contributed by atoms with Crippen LogP contribution in [0.2, 0.25) is 0 Å². The van der Waals surface area contributed by atoms with E-state index < -0.39 is 0 Å². The standard InChI is InChI=1S/C12H20BrN3O2/c1-4-9-6-10(16(5-2)15-9)7-14-8-11(13)12(17)18-3/h6,11,14H,4-5,7-8H2,1-3H3. The molecule has 1 aromatic rings. The largest absolute Gasteiger partial charge is 0.468 e. The van der Waals surface area contributed by atoms with Gasteiger partial charge in [0.1, 0.15) is 4.83 Å². The van der Waals surface area contributed by atoms with Gasteiger partial charge in [-0.1, -0.05) is 22.9 Å². The Labute approximate surface area is 116 Å². The monoisotopic (exact) mass is 317 g/mol. The van der Waals surface area contributed by atoms with Gasteiger partial charge in [0.2, 0.25) is 0 Å². The molecule has 0 aliphatic heterocycles. The number of rotatable bonds is 7. The molecule has 0 aromatic carbocycles. The summed E-state index contributed by atoms with van der Waals surface area (Å²) in [5.74, 6) is -0.263. The molecule has 0 bridgehead atoms. The molecule has 6 heteroatoms. The van der Waals surface area contributed by atoms with Crippen LogP contribution in [0, 0.1) is 0 Å². The maximum atomic E-state index is 11.2. The Balaban J connectivity index is 2.48. The van der Waals surface area contributed by atoms with E-state index in [2.05, 4.69) is 51.0 Å². The Hall–Kier alpha value is -0.880. The predicted molar refractivity (Wildman–Crippen MR) is 73.7 cm³/mol. The molecule has 0 aliphatic carbocycles. The molecule has 1 N–H and O–H groups in total. The second-order valence-electron chi connectivity index (χ2n) is 3.92. The van der Waals surface area contributed by atoms with Gasteiger partial charge in [-0.05, 0) is 19.4 Å². The van der Waals surface area contributed by atoms with Crippen LogP contribution < -0.4 is 5.32 Å². The van der Waals surface area contributed by atoms with Gasteiger partial charge in [0.15, 0.2) is 0 Å². The first-order valence-electron chi connectivity index (χ1n) is 6.10. The van der Waals surface area contributed by atoms with Crippen LogP contribution in [0.4, 0.5) is 0 Å². The van der Waals surface area contributed by atoms with E-state index >= 15 is 0 Å². The Morgan fingerprint density at radius 1 is 1.61 bits per heavy atom. The fourth-order valence-corrected chi connectivity index (χ4v) is 2.06. The topological polar surface area (TPSA) is 56.1 Å². The second kappa shape index (κ2) is 7.53. The van der Waals surface area contributed by atoms with E-state index in [9.17, 15) is 4.79 Å². The number of esters is 1. The lowest BCUT2D eigenvalue weighted by Gasteiger charge is -2.09. The minimum atomic E-state index is -0.314. The lowest BCUT2D eigenvalue weighted by atomic mass is 10.3. The minimum Gasteiger partial charge on any atom is -0.468 e. The molecule has 102 valence electrons. The van der Waals surface area contributed by atoms with Crippen LogP contribution >= 0.6 is 15.9 Å². The summed E-state index contributed by atoms with van der Waals surface area (Å²) < 4.78 is 6.62. The SMILES string of the molecule is CCc1cc(CNCC(Br)C(=O)OC)n(CC)n1. The minimum absolute atomic E-state index is 0.263. The number of carbonyl (C=O) groups is 1. The number of methoxy groups -OCH3 is 1. The van der Waals surface area contributed by atoms with Crippen molar-refractivity contribution >= 4 is 21.9 Å². The fourth-order valence-electron chi connectivity index (χ4n) is 1.64. The summed E-state index contributed by atoms with van der Waals surface area (Å²) in [7, 11) is 1.39. The number of carbonyl (C=O) groups excluding carboxylic acids is 1. The van der Waals surface area contributed by atoms with Gasteiger partial charge in [-0.15, -0.1) is 0 Å². The molecule has 1 aromatic heterocycles. The highest BCUT2D eigenvalue weighted by atomic mass is 79.9. The third kappa shape index (κ3) is 4.10. The van der Waals surface area contributed by atoms with Gasteiger partial charge in [0, 0.05) is 19.6 Å². The third-order valence-corrected chi connectivity index (χ3v) is 3.36. The fraction of sp³-hybridized carbons (Fsp3) is 0.667. The van der Waals surface area contributed by atoms with Crippen molar-refractivity contribution in [2.45, 2.75) is 38.2 Å². The highest BCUT2D eigenvalue weighted by Gasteiger charge is 2.14. The summed E-state index contributed by atoms with van der Waals surface area (Å²) >= 11 is 3.27. The zero-order valence-electron chi connectivity index (χ0n) is 11.1. The lowest BCUT2D eigenvalue weighted by Crippen LogP contribution is -2.30. The average Bonchev–Trinajstić information content (AvgIpc) is 2.80. The van der Waals surface area contributed by atoms with Crippen molar-refractivity contribution in [1.82, 2.24) is 15.1 Å². The molecule has 1 heterocycles. The average molecular weight is 318 g/mol. The van der Waals surface area contributed by atoms with Crippen molar-refractivity contribution in [2.75, 3.05) is 13.7 Å². The number of hydrogen-bond acceptors (Lipinski definition) is 4. The summed E-state index contributed by atoms with van der Waals surface area (Å²) in [4.78, 5) is 10.9. The van der Waals surface area contributed by atoms with Crippen LogP contribution in [0.1, 0.15) is 25.2 Å². The molecule has 0 aliphatic rings. The van der Waals surface area contributed by atoms with Crippen molar-refractivity contribution in [2.24, 2.45) is 0 Å². The van der Waals surface area contributed by atoms with Crippen LogP contribution in [0.15, 0.2) is 6.07 Å². The van der Waals surface area contributed by atoms with Crippen LogP contribution in [0.5, 0.6) is 0 Å². The first-order valence-corrected chi connectivity index (χ1v) is 7.02. The molecule has 0 spiro atoms. The van der Waals surface area contributed by atoms with Crippen molar-refractivity contribution in [1.29, 1.82) is 0 Å². The molecular weight excluding hydrogens is 298 g/mol. The van der Waals surface area contributed by atoms with Gasteiger partial charge in [-0.25, -0.2) is 0 Å². The van der Waals surface area contributed by atoms with E-state index in [1.807, 2.05) is 4.68 Å². The number of halogens is 1. The number of hydrogen-bond donors (Lipinski definition) is 1. The normalized spacial score (nSPS) is 12.4. The first kappa shape index (κ1) is 15.2. The second-order valence-corrected chi connectivity index (χ2v) is 5.02. The summed E-state index contributed by atoms with van der Waals surface area (Å²) in [6, 6.07) is 2.10. The number of nitrogens with one attached hydrogen (secondary N) is 1. The molecule has 5 nitrogen and oxygen atoms in total. The Bertz CT molecular complexity index is 393. The summed E-state index contributed by atoms with van der Waals surface area (Å²) in [6.45, 7) is 6.23. The van der Waals surface area contributed by atoms with Gasteiger partial charge in [0.25, 0.3) is 0 Å². The van der Waals surface area contributed by atoms with E-state index in [0.29, 0.717) is 13.1 Å². The first-order chi connectivity index (χ1) is 8.62. The summed E-state index contributed by atoms with van der Waals surface area (Å²) in [6.07, 6.45) is 0.934. The van der Waals surface area contributed by atoms with E-state index in [0.717, 1.165) is 24.4 Å². The van der Waals surface area contributed by atoms with Crippen LogP contribution in [0.25, 0.3) is 0 Å². The molecule has 1 atom stereocenters. The molecule has 18 heavy (non-hydrogen) atoms. The summed E-state index contributed by atoms with van der Waals surface area (Å²) in [5, 5.41) is 7.69. The molecule has 0 fully saturated rings. The van der Waals surface area contributed by atoms with Crippen molar-refractivity contribution in [3.8, 4) is 0 Å². The van der Waals surface area contributed by atoms with Crippen LogP contribution in [-0.4, -0.2) is 34.2 Å². The molecule has 0 amide bonds. The molecule has 1 rings (SSSR count).